The van der Waals surface area contributed by atoms with E-state index in [4.69, 9.17) is 0 Å². The summed E-state index contributed by atoms with van der Waals surface area (Å²) in [5, 5.41) is 10.7. The van der Waals surface area contributed by atoms with Crippen molar-refractivity contribution in [3.05, 3.63) is 64.1 Å². The molecule has 1 aliphatic rings. The maximum absolute atomic E-state index is 4.36. The monoisotopic (exact) mass is 372 g/mol. The first-order chi connectivity index (χ1) is 11.2. The molecule has 1 heterocycles. The standard InChI is InChI=1S/C18H21BrN4/c1-15-3-2-4-16(13-15)14-22-9-11-23(12-10-22)21-20-18-7-5-17(19)6-8-18/h2-8,13H,9-12,14H2,1H3. The van der Waals surface area contributed by atoms with Crippen molar-refractivity contribution in [2.45, 2.75) is 13.5 Å². The first-order valence-electron chi connectivity index (χ1n) is 7.89. The van der Waals surface area contributed by atoms with Crippen LogP contribution in [0.4, 0.5) is 5.69 Å². The molecule has 0 aliphatic carbocycles. The van der Waals surface area contributed by atoms with E-state index in [0.29, 0.717) is 0 Å². The predicted octanol–water partition coefficient (Wildman–Crippen LogP) is 4.57. The normalized spacial score (nSPS) is 16.2. The van der Waals surface area contributed by atoms with Crippen LogP contribution in [0.3, 0.4) is 0 Å². The van der Waals surface area contributed by atoms with E-state index in [1.165, 1.54) is 11.1 Å². The number of hydrogen-bond donors (Lipinski definition) is 0. The summed E-state index contributed by atoms with van der Waals surface area (Å²) in [6, 6.07) is 16.6. The van der Waals surface area contributed by atoms with E-state index < -0.39 is 0 Å². The first-order valence-corrected chi connectivity index (χ1v) is 8.68. The molecule has 0 atom stereocenters. The summed E-state index contributed by atoms with van der Waals surface area (Å²) < 4.78 is 1.06. The molecule has 0 saturated carbocycles. The average molecular weight is 373 g/mol. The number of hydrogen-bond acceptors (Lipinski definition) is 3. The fourth-order valence-corrected chi connectivity index (χ4v) is 2.94. The number of nitrogens with zero attached hydrogens (tertiary/aromatic N) is 4. The Labute approximate surface area is 145 Å². The van der Waals surface area contributed by atoms with Gasteiger partial charge in [-0.05, 0) is 36.8 Å². The molecule has 1 fully saturated rings. The summed E-state index contributed by atoms with van der Waals surface area (Å²) in [4.78, 5) is 2.47. The zero-order valence-corrected chi connectivity index (χ0v) is 14.9. The second-order valence-corrected chi connectivity index (χ2v) is 6.80. The quantitative estimate of drug-likeness (QED) is 0.735. The number of piperazine rings is 1. The van der Waals surface area contributed by atoms with Crippen molar-refractivity contribution in [2.24, 2.45) is 10.3 Å². The SMILES string of the molecule is Cc1cccc(CN2CCN(N=Nc3ccc(Br)cc3)CC2)c1. The van der Waals surface area contributed by atoms with Gasteiger partial charge in [0.1, 0.15) is 0 Å². The van der Waals surface area contributed by atoms with Gasteiger partial charge in [0.05, 0.1) is 18.8 Å². The third-order valence-electron chi connectivity index (χ3n) is 3.95. The van der Waals surface area contributed by atoms with E-state index in [1.54, 1.807) is 0 Å². The van der Waals surface area contributed by atoms with Gasteiger partial charge >= 0.3 is 0 Å². The smallest absolute Gasteiger partial charge is 0.0875 e. The highest BCUT2D eigenvalue weighted by molar-refractivity contribution is 9.10. The molecule has 23 heavy (non-hydrogen) atoms. The molecule has 4 nitrogen and oxygen atoms in total. The van der Waals surface area contributed by atoms with E-state index in [9.17, 15) is 0 Å². The van der Waals surface area contributed by atoms with Crippen LogP contribution in [-0.2, 0) is 6.54 Å². The van der Waals surface area contributed by atoms with E-state index in [0.717, 1.165) is 42.9 Å². The van der Waals surface area contributed by atoms with Crippen molar-refractivity contribution in [1.29, 1.82) is 0 Å². The van der Waals surface area contributed by atoms with Gasteiger partial charge in [-0.15, -0.1) is 5.11 Å². The first kappa shape index (κ1) is 16.1. The van der Waals surface area contributed by atoms with Crippen molar-refractivity contribution in [3.8, 4) is 0 Å². The van der Waals surface area contributed by atoms with Gasteiger partial charge in [0, 0.05) is 24.1 Å². The van der Waals surface area contributed by atoms with Crippen LogP contribution in [0.1, 0.15) is 11.1 Å². The molecule has 5 heteroatoms. The van der Waals surface area contributed by atoms with Crippen LogP contribution in [0.5, 0.6) is 0 Å². The number of rotatable bonds is 4. The number of benzene rings is 2. The molecule has 1 saturated heterocycles. The molecule has 0 aromatic heterocycles. The van der Waals surface area contributed by atoms with Crippen LogP contribution in [0.25, 0.3) is 0 Å². The molecule has 1 aliphatic heterocycles. The largest absolute Gasteiger partial charge is 0.295 e. The Morgan fingerprint density at radius 1 is 1.00 bits per heavy atom. The summed E-state index contributed by atoms with van der Waals surface area (Å²) in [6.45, 7) is 7.04. The van der Waals surface area contributed by atoms with Gasteiger partial charge in [0.2, 0.25) is 0 Å². The zero-order valence-electron chi connectivity index (χ0n) is 13.3. The molecule has 0 bridgehead atoms. The summed E-state index contributed by atoms with van der Waals surface area (Å²) in [5.41, 5.74) is 3.59. The van der Waals surface area contributed by atoms with Crippen LogP contribution >= 0.6 is 15.9 Å². The highest BCUT2D eigenvalue weighted by Crippen LogP contribution is 2.18. The van der Waals surface area contributed by atoms with Crippen LogP contribution < -0.4 is 0 Å². The maximum atomic E-state index is 4.36. The maximum Gasteiger partial charge on any atom is 0.0875 e. The molecule has 2 aromatic rings. The van der Waals surface area contributed by atoms with Crippen LogP contribution in [0.15, 0.2) is 63.3 Å². The van der Waals surface area contributed by atoms with Crippen LogP contribution in [-0.4, -0.2) is 36.1 Å². The Morgan fingerprint density at radius 2 is 1.74 bits per heavy atom. The topological polar surface area (TPSA) is 31.2 Å². The lowest BCUT2D eigenvalue weighted by Gasteiger charge is -2.32. The minimum Gasteiger partial charge on any atom is -0.295 e. The van der Waals surface area contributed by atoms with Crippen molar-refractivity contribution >= 4 is 21.6 Å². The molecule has 0 unspecified atom stereocenters. The van der Waals surface area contributed by atoms with E-state index in [1.807, 2.05) is 24.3 Å². The summed E-state index contributed by atoms with van der Waals surface area (Å²) >= 11 is 3.42. The molecule has 0 radical (unpaired) electrons. The van der Waals surface area contributed by atoms with Crippen LogP contribution in [0, 0.1) is 6.92 Å². The number of halogens is 1. The third kappa shape index (κ3) is 4.88. The van der Waals surface area contributed by atoms with Crippen molar-refractivity contribution in [2.75, 3.05) is 26.2 Å². The highest BCUT2D eigenvalue weighted by atomic mass is 79.9. The fraction of sp³-hybridized carbons (Fsp3) is 0.333. The number of aryl methyl sites for hydroxylation is 1. The Bertz CT molecular complexity index is 661. The average Bonchev–Trinajstić information content (AvgIpc) is 2.56. The van der Waals surface area contributed by atoms with E-state index >= 15 is 0 Å². The molecular formula is C18H21BrN4. The molecular weight excluding hydrogens is 352 g/mol. The van der Waals surface area contributed by atoms with Gasteiger partial charge in [0.25, 0.3) is 0 Å². The minimum atomic E-state index is 0.885. The molecule has 0 spiro atoms. The molecule has 2 aromatic carbocycles. The zero-order chi connectivity index (χ0) is 16.1. The summed E-state index contributed by atoms with van der Waals surface area (Å²) in [7, 11) is 0. The second-order valence-electron chi connectivity index (χ2n) is 5.88. The van der Waals surface area contributed by atoms with Gasteiger partial charge in [-0.2, -0.15) is 0 Å². The Morgan fingerprint density at radius 3 is 2.43 bits per heavy atom. The summed E-state index contributed by atoms with van der Waals surface area (Å²) in [5.74, 6) is 0. The molecule has 3 rings (SSSR count). The summed E-state index contributed by atoms with van der Waals surface area (Å²) in [6.07, 6.45) is 0. The van der Waals surface area contributed by atoms with Crippen molar-refractivity contribution < 1.29 is 0 Å². The van der Waals surface area contributed by atoms with E-state index in [-0.39, 0.29) is 0 Å². The Hall–Kier alpha value is -1.72. The Balaban J connectivity index is 1.49. The van der Waals surface area contributed by atoms with E-state index in [2.05, 4.69) is 67.4 Å². The lowest BCUT2D eigenvalue weighted by molar-refractivity contribution is 0.124. The fourth-order valence-electron chi connectivity index (χ4n) is 2.68. The van der Waals surface area contributed by atoms with Crippen molar-refractivity contribution in [1.82, 2.24) is 9.91 Å². The van der Waals surface area contributed by atoms with Gasteiger partial charge in [-0.1, -0.05) is 51.0 Å². The van der Waals surface area contributed by atoms with Gasteiger partial charge in [-0.3, -0.25) is 9.91 Å². The Kier molecular flexibility index (Phi) is 5.41. The minimum absolute atomic E-state index is 0.885. The molecule has 120 valence electrons. The lowest BCUT2D eigenvalue weighted by atomic mass is 10.1. The van der Waals surface area contributed by atoms with Crippen LogP contribution in [0.2, 0.25) is 0 Å². The third-order valence-corrected chi connectivity index (χ3v) is 4.48. The predicted molar refractivity (Wildman–Crippen MR) is 96.7 cm³/mol. The lowest BCUT2D eigenvalue weighted by Crippen LogP contribution is -2.43. The van der Waals surface area contributed by atoms with Crippen molar-refractivity contribution in [3.63, 3.8) is 0 Å². The van der Waals surface area contributed by atoms with Gasteiger partial charge in [0.15, 0.2) is 0 Å². The second kappa shape index (κ2) is 7.70. The van der Waals surface area contributed by atoms with Gasteiger partial charge < -0.3 is 0 Å². The molecule has 0 N–H and O–H groups in total. The van der Waals surface area contributed by atoms with Gasteiger partial charge in [-0.25, -0.2) is 0 Å². The highest BCUT2D eigenvalue weighted by Gasteiger charge is 2.15. The molecule has 0 amide bonds.